The van der Waals surface area contributed by atoms with Gasteiger partial charge in [-0.2, -0.15) is 0 Å². The van der Waals surface area contributed by atoms with E-state index in [0.717, 1.165) is 29.0 Å². The summed E-state index contributed by atoms with van der Waals surface area (Å²) in [5, 5.41) is 0. The number of hydrogen-bond donors (Lipinski definition) is 1. The van der Waals surface area contributed by atoms with E-state index in [2.05, 4.69) is 25.9 Å². The largest absolute Gasteiger partial charge is 0.381 e. The van der Waals surface area contributed by atoms with Crippen LogP contribution in [0.4, 0.5) is 0 Å². The van der Waals surface area contributed by atoms with Crippen LogP contribution >= 0.6 is 28.1 Å². The fourth-order valence-corrected chi connectivity index (χ4v) is 2.24. The second-order valence-electron chi connectivity index (χ2n) is 3.71. The van der Waals surface area contributed by atoms with Gasteiger partial charge in [-0.15, -0.1) is 0 Å². The average molecular weight is 305 g/mol. The van der Waals surface area contributed by atoms with Gasteiger partial charge in [0.25, 0.3) is 0 Å². The highest BCUT2D eigenvalue weighted by Gasteiger charge is 2.21. The summed E-state index contributed by atoms with van der Waals surface area (Å²) in [6, 6.07) is 0. The van der Waals surface area contributed by atoms with E-state index in [1.54, 1.807) is 7.11 Å². The third-order valence-electron chi connectivity index (χ3n) is 2.56. The zero-order valence-electron chi connectivity index (χ0n) is 8.96. The number of nitrogens with zero attached hydrogens (tertiary/aromatic N) is 1. The third kappa shape index (κ3) is 2.51. The summed E-state index contributed by atoms with van der Waals surface area (Å²) in [4.78, 5) is 7.64. The summed E-state index contributed by atoms with van der Waals surface area (Å²) in [6.07, 6.45) is 0.992. The van der Waals surface area contributed by atoms with Crippen LogP contribution in [0.2, 0.25) is 0 Å². The molecular weight excluding hydrogens is 292 g/mol. The van der Waals surface area contributed by atoms with Crippen molar-refractivity contribution in [2.24, 2.45) is 0 Å². The summed E-state index contributed by atoms with van der Waals surface area (Å²) in [7, 11) is 1.65. The lowest BCUT2D eigenvalue weighted by molar-refractivity contribution is 0.179. The zero-order chi connectivity index (χ0) is 11.5. The van der Waals surface area contributed by atoms with Crippen molar-refractivity contribution in [2.45, 2.75) is 18.9 Å². The molecular formula is C10H13BrN2O2S. The molecule has 0 aromatic carbocycles. The first-order valence-corrected chi connectivity index (χ1v) is 6.27. The predicted molar refractivity (Wildman–Crippen MR) is 66.0 cm³/mol. The fraction of sp³-hybridized carbons (Fsp3) is 0.600. The van der Waals surface area contributed by atoms with Gasteiger partial charge in [-0.25, -0.2) is 4.98 Å². The van der Waals surface area contributed by atoms with Gasteiger partial charge in [0.1, 0.15) is 10.5 Å². The number of hydrogen-bond acceptors (Lipinski definition) is 4. The van der Waals surface area contributed by atoms with Gasteiger partial charge in [0, 0.05) is 19.6 Å². The normalized spacial score (nSPS) is 20.2. The third-order valence-corrected chi connectivity index (χ3v) is 3.97. The van der Waals surface area contributed by atoms with Crippen molar-refractivity contribution in [3.63, 3.8) is 0 Å². The molecule has 1 atom stereocenters. The average Bonchev–Trinajstić information content (AvgIpc) is 2.78. The minimum Gasteiger partial charge on any atom is -0.381 e. The number of halogens is 1. The predicted octanol–water partition coefficient (Wildman–Crippen LogP) is 2.55. The standard InChI is InChI=1S/C10H13BrN2O2S/c1-14-5-7-8(11)10(16)13-9(12-7)6-2-3-15-4-6/h6H,2-5H2,1H3,(H,12,13,16). The number of rotatable bonds is 3. The first kappa shape index (κ1) is 12.2. The fourth-order valence-electron chi connectivity index (χ4n) is 1.71. The molecule has 1 aliphatic rings. The number of aromatic nitrogens is 2. The lowest BCUT2D eigenvalue weighted by Crippen LogP contribution is -2.08. The quantitative estimate of drug-likeness (QED) is 0.872. The molecule has 88 valence electrons. The van der Waals surface area contributed by atoms with Crippen LogP contribution in [0.3, 0.4) is 0 Å². The molecule has 0 amide bonds. The van der Waals surface area contributed by atoms with Crippen molar-refractivity contribution in [3.05, 3.63) is 20.6 Å². The minimum atomic E-state index is 0.324. The van der Waals surface area contributed by atoms with Crippen LogP contribution in [0.15, 0.2) is 4.47 Å². The Bertz CT molecular complexity index is 429. The van der Waals surface area contributed by atoms with Gasteiger partial charge in [-0.3, -0.25) is 0 Å². The molecule has 2 heterocycles. The number of aromatic amines is 1. The summed E-state index contributed by atoms with van der Waals surface area (Å²) < 4.78 is 11.8. The molecule has 1 aromatic heterocycles. The highest BCUT2D eigenvalue weighted by molar-refractivity contribution is 9.10. The lowest BCUT2D eigenvalue weighted by atomic mass is 10.1. The Morgan fingerprint density at radius 3 is 3.12 bits per heavy atom. The molecule has 0 saturated carbocycles. The molecule has 0 spiro atoms. The van der Waals surface area contributed by atoms with E-state index in [4.69, 9.17) is 21.7 Å². The van der Waals surface area contributed by atoms with Crippen molar-refractivity contribution < 1.29 is 9.47 Å². The maximum absolute atomic E-state index is 5.34. The van der Waals surface area contributed by atoms with E-state index >= 15 is 0 Å². The van der Waals surface area contributed by atoms with Gasteiger partial charge in [0.15, 0.2) is 0 Å². The van der Waals surface area contributed by atoms with Crippen molar-refractivity contribution in [2.75, 3.05) is 20.3 Å². The Kier molecular flexibility index (Phi) is 4.07. The second-order valence-corrected chi connectivity index (χ2v) is 4.89. The Morgan fingerprint density at radius 2 is 2.50 bits per heavy atom. The summed E-state index contributed by atoms with van der Waals surface area (Å²) in [6.45, 7) is 2.00. The summed E-state index contributed by atoms with van der Waals surface area (Å²) in [5.74, 6) is 1.23. The van der Waals surface area contributed by atoms with E-state index in [1.165, 1.54) is 0 Å². The Balaban J connectivity index is 2.35. The molecule has 1 aliphatic heterocycles. The van der Waals surface area contributed by atoms with Crippen LogP contribution in [-0.4, -0.2) is 30.3 Å². The van der Waals surface area contributed by atoms with Crippen molar-refractivity contribution in [3.8, 4) is 0 Å². The van der Waals surface area contributed by atoms with Crippen LogP contribution in [0.5, 0.6) is 0 Å². The van der Waals surface area contributed by atoms with E-state index in [0.29, 0.717) is 23.8 Å². The Hall–Kier alpha value is -0.300. The molecule has 0 aliphatic carbocycles. The van der Waals surface area contributed by atoms with Crippen molar-refractivity contribution >= 4 is 28.1 Å². The first-order chi connectivity index (χ1) is 7.72. The molecule has 0 radical (unpaired) electrons. The van der Waals surface area contributed by atoms with E-state index in [-0.39, 0.29) is 0 Å². The monoisotopic (exact) mass is 304 g/mol. The summed E-state index contributed by atoms with van der Waals surface area (Å²) >= 11 is 8.62. The number of methoxy groups -OCH3 is 1. The van der Waals surface area contributed by atoms with Crippen LogP contribution in [-0.2, 0) is 16.1 Å². The van der Waals surface area contributed by atoms with Gasteiger partial charge in [-0.05, 0) is 22.4 Å². The topological polar surface area (TPSA) is 47.1 Å². The highest BCUT2D eigenvalue weighted by Crippen LogP contribution is 2.25. The molecule has 6 heteroatoms. The van der Waals surface area contributed by atoms with Gasteiger partial charge in [-0.1, -0.05) is 12.2 Å². The van der Waals surface area contributed by atoms with Crippen LogP contribution in [0.25, 0.3) is 0 Å². The molecule has 1 unspecified atom stereocenters. The highest BCUT2D eigenvalue weighted by atomic mass is 79.9. The van der Waals surface area contributed by atoms with Gasteiger partial charge < -0.3 is 14.5 Å². The maximum Gasteiger partial charge on any atom is 0.144 e. The first-order valence-electron chi connectivity index (χ1n) is 5.07. The van der Waals surface area contributed by atoms with Gasteiger partial charge in [0.05, 0.1) is 23.4 Å². The lowest BCUT2D eigenvalue weighted by Gasteiger charge is -2.11. The Morgan fingerprint density at radius 1 is 1.69 bits per heavy atom. The van der Waals surface area contributed by atoms with E-state index in [1.807, 2.05) is 0 Å². The van der Waals surface area contributed by atoms with Crippen LogP contribution in [0.1, 0.15) is 23.9 Å². The second kappa shape index (κ2) is 5.35. The van der Waals surface area contributed by atoms with Crippen molar-refractivity contribution in [1.29, 1.82) is 0 Å². The number of nitrogens with one attached hydrogen (secondary N) is 1. The van der Waals surface area contributed by atoms with Crippen molar-refractivity contribution in [1.82, 2.24) is 9.97 Å². The molecule has 1 fully saturated rings. The van der Waals surface area contributed by atoms with Crippen LogP contribution < -0.4 is 0 Å². The molecule has 16 heavy (non-hydrogen) atoms. The van der Waals surface area contributed by atoms with Crippen LogP contribution in [0, 0.1) is 4.64 Å². The van der Waals surface area contributed by atoms with Gasteiger partial charge in [0.2, 0.25) is 0 Å². The molecule has 4 nitrogen and oxygen atoms in total. The molecule has 1 aromatic rings. The Labute approximate surface area is 108 Å². The minimum absolute atomic E-state index is 0.324. The van der Waals surface area contributed by atoms with E-state index in [9.17, 15) is 0 Å². The summed E-state index contributed by atoms with van der Waals surface area (Å²) in [5.41, 5.74) is 0.935. The van der Waals surface area contributed by atoms with Gasteiger partial charge >= 0.3 is 0 Å². The smallest absolute Gasteiger partial charge is 0.144 e. The number of ether oxygens (including phenoxy) is 2. The van der Waals surface area contributed by atoms with E-state index < -0.39 is 0 Å². The molecule has 2 rings (SSSR count). The SMILES string of the molecule is COCc1[nH]c(C2CCOC2)nc(=S)c1Br. The molecule has 0 bridgehead atoms. The molecule has 1 N–H and O–H groups in total. The molecule has 1 saturated heterocycles. The zero-order valence-corrected chi connectivity index (χ0v) is 11.4. The number of H-pyrrole nitrogens is 1. The maximum atomic E-state index is 5.34.